The Morgan fingerprint density at radius 1 is 0.846 bits per heavy atom. The molecule has 3 N–H and O–H groups in total. The standard InChI is InChI=1S/C21H28N4O/c1-4-22-20(26)19-12-10-18(11-13-19)15-25-21(23-5-2)24-14-17-8-6-16(3)7-9-17/h6-13H,4-5,14-15H2,1-3H3,(H,22,26)(H2,23,24,25). The zero-order chi connectivity index (χ0) is 18.8. The minimum atomic E-state index is -0.0457. The molecule has 0 aliphatic carbocycles. The van der Waals surface area contributed by atoms with Crippen molar-refractivity contribution in [3.63, 3.8) is 0 Å². The Balaban J connectivity index is 1.95. The van der Waals surface area contributed by atoms with Gasteiger partial charge in [-0.05, 0) is 44.0 Å². The third-order valence-corrected chi connectivity index (χ3v) is 3.90. The Morgan fingerprint density at radius 3 is 2.08 bits per heavy atom. The van der Waals surface area contributed by atoms with Crippen LogP contribution in [0.1, 0.15) is 40.9 Å². The third-order valence-electron chi connectivity index (χ3n) is 3.90. The highest BCUT2D eigenvalue weighted by molar-refractivity contribution is 5.94. The van der Waals surface area contributed by atoms with Crippen molar-refractivity contribution >= 4 is 11.9 Å². The van der Waals surface area contributed by atoms with Gasteiger partial charge in [-0.3, -0.25) is 4.79 Å². The first-order chi connectivity index (χ1) is 12.6. The molecule has 0 radical (unpaired) electrons. The highest BCUT2D eigenvalue weighted by Gasteiger charge is 2.04. The van der Waals surface area contributed by atoms with Gasteiger partial charge in [-0.15, -0.1) is 0 Å². The van der Waals surface area contributed by atoms with Crippen LogP contribution in [0.2, 0.25) is 0 Å². The molecule has 26 heavy (non-hydrogen) atoms. The number of carbonyl (C=O) groups excluding carboxylic acids is 1. The molecule has 2 aromatic rings. The Hall–Kier alpha value is -2.82. The summed E-state index contributed by atoms with van der Waals surface area (Å²) < 4.78 is 0. The van der Waals surface area contributed by atoms with Gasteiger partial charge in [0.25, 0.3) is 5.91 Å². The van der Waals surface area contributed by atoms with Crippen LogP contribution in [-0.4, -0.2) is 25.0 Å². The molecule has 2 rings (SSSR count). The number of aliphatic imine (C=N–C) groups is 1. The van der Waals surface area contributed by atoms with Crippen LogP contribution in [0, 0.1) is 6.92 Å². The topological polar surface area (TPSA) is 65.5 Å². The number of nitrogens with one attached hydrogen (secondary N) is 3. The average molecular weight is 352 g/mol. The predicted molar refractivity (Wildman–Crippen MR) is 107 cm³/mol. The predicted octanol–water partition coefficient (Wildman–Crippen LogP) is 3.00. The molecule has 0 aromatic heterocycles. The number of benzene rings is 2. The van der Waals surface area contributed by atoms with Crippen molar-refractivity contribution in [2.24, 2.45) is 4.99 Å². The van der Waals surface area contributed by atoms with Crippen molar-refractivity contribution in [1.29, 1.82) is 0 Å². The molecule has 5 nitrogen and oxygen atoms in total. The van der Waals surface area contributed by atoms with Gasteiger partial charge < -0.3 is 16.0 Å². The summed E-state index contributed by atoms with van der Waals surface area (Å²) in [4.78, 5) is 16.4. The highest BCUT2D eigenvalue weighted by atomic mass is 16.1. The Labute approximate surface area is 155 Å². The number of carbonyl (C=O) groups is 1. The van der Waals surface area contributed by atoms with Crippen LogP contribution >= 0.6 is 0 Å². The third kappa shape index (κ3) is 6.24. The van der Waals surface area contributed by atoms with E-state index in [2.05, 4.69) is 52.1 Å². The summed E-state index contributed by atoms with van der Waals surface area (Å²) in [5, 5.41) is 9.40. The summed E-state index contributed by atoms with van der Waals surface area (Å²) in [5.74, 6) is 0.733. The fraction of sp³-hybridized carbons (Fsp3) is 0.333. The maximum Gasteiger partial charge on any atom is 0.251 e. The van der Waals surface area contributed by atoms with Gasteiger partial charge >= 0.3 is 0 Å². The van der Waals surface area contributed by atoms with Crippen molar-refractivity contribution in [3.8, 4) is 0 Å². The molecule has 2 aromatic carbocycles. The summed E-state index contributed by atoms with van der Waals surface area (Å²) in [5.41, 5.74) is 4.20. The molecule has 0 unspecified atom stereocenters. The van der Waals surface area contributed by atoms with E-state index < -0.39 is 0 Å². The second kappa shape index (κ2) is 10.2. The van der Waals surface area contributed by atoms with Crippen molar-refractivity contribution < 1.29 is 4.79 Å². The summed E-state index contributed by atoms with van der Waals surface area (Å²) in [6.45, 7) is 8.75. The number of hydrogen-bond donors (Lipinski definition) is 3. The summed E-state index contributed by atoms with van der Waals surface area (Å²) in [7, 11) is 0. The molecule has 0 saturated carbocycles. The lowest BCUT2D eigenvalue weighted by molar-refractivity contribution is 0.0956. The number of hydrogen-bond acceptors (Lipinski definition) is 2. The van der Waals surface area contributed by atoms with Crippen molar-refractivity contribution in [2.75, 3.05) is 13.1 Å². The average Bonchev–Trinajstić information content (AvgIpc) is 2.66. The SMILES string of the molecule is CCNC(=O)c1ccc(CN=C(NCC)NCc2ccc(C)cc2)cc1. The maximum atomic E-state index is 11.8. The van der Waals surface area contributed by atoms with E-state index in [1.807, 2.05) is 38.1 Å². The number of guanidine groups is 1. The van der Waals surface area contributed by atoms with E-state index in [1.54, 1.807) is 0 Å². The molecule has 0 atom stereocenters. The van der Waals surface area contributed by atoms with Gasteiger partial charge in [-0.2, -0.15) is 0 Å². The first-order valence-electron chi connectivity index (χ1n) is 9.07. The molecule has 0 aliphatic rings. The first-order valence-corrected chi connectivity index (χ1v) is 9.07. The quantitative estimate of drug-likeness (QED) is 0.530. The van der Waals surface area contributed by atoms with E-state index in [4.69, 9.17) is 0 Å². The van der Waals surface area contributed by atoms with Gasteiger partial charge in [0, 0.05) is 25.2 Å². The maximum absolute atomic E-state index is 11.8. The fourth-order valence-electron chi connectivity index (χ4n) is 2.43. The van der Waals surface area contributed by atoms with Gasteiger partial charge in [-0.25, -0.2) is 4.99 Å². The smallest absolute Gasteiger partial charge is 0.251 e. The minimum absolute atomic E-state index is 0.0457. The van der Waals surface area contributed by atoms with Crippen LogP contribution in [0.5, 0.6) is 0 Å². The number of nitrogens with zero attached hydrogens (tertiary/aromatic N) is 1. The van der Waals surface area contributed by atoms with Gasteiger partial charge in [0.2, 0.25) is 0 Å². The van der Waals surface area contributed by atoms with E-state index in [9.17, 15) is 4.79 Å². The molecule has 0 heterocycles. The molecule has 0 aliphatic heterocycles. The molecule has 5 heteroatoms. The lowest BCUT2D eigenvalue weighted by Gasteiger charge is -2.11. The zero-order valence-corrected chi connectivity index (χ0v) is 15.8. The Bertz CT molecular complexity index is 721. The van der Waals surface area contributed by atoms with Crippen LogP contribution in [0.15, 0.2) is 53.5 Å². The highest BCUT2D eigenvalue weighted by Crippen LogP contribution is 2.06. The van der Waals surface area contributed by atoms with Crippen molar-refractivity contribution in [3.05, 3.63) is 70.8 Å². The van der Waals surface area contributed by atoms with Crippen molar-refractivity contribution in [2.45, 2.75) is 33.9 Å². The van der Waals surface area contributed by atoms with Crippen LogP contribution in [-0.2, 0) is 13.1 Å². The van der Waals surface area contributed by atoms with Gasteiger partial charge in [0.15, 0.2) is 5.96 Å². The lowest BCUT2D eigenvalue weighted by atomic mass is 10.1. The van der Waals surface area contributed by atoms with Gasteiger partial charge in [0.1, 0.15) is 0 Å². The number of amides is 1. The second-order valence-electron chi connectivity index (χ2n) is 6.09. The van der Waals surface area contributed by atoms with Crippen LogP contribution in [0.25, 0.3) is 0 Å². The van der Waals surface area contributed by atoms with Gasteiger partial charge in [0.05, 0.1) is 6.54 Å². The normalized spacial score (nSPS) is 11.1. The zero-order valence-electron chi connectivity index (χ0n) is 15.8. The molecule has 138 valence electrons. The molecular formula is C21H28N4O. The van der Waals surface area contributed by atoms with Crippen molar-refractivity contribution in [1.82, 2.24) is 16.0 Å². The van der Waals surface area contributed by atoms with E-state index in [-0.39, 0.29) is 5.91 Å². The lowest BCUT2D eigenvalue weighted by Crippen LogP contribution is -2.36. The fourth-order valence-corrected chi connectivity index (χ4v) is 2.43. The molecular weight excluding hydrogens is 324 g/mol. The van der Waals surface area contributed by atoms with Crippen LogP contribution < -0.4 is 16.0 Å². The largest absolute Gasteiger partial charge is 0.357 e. The monoisotopic (exact) mass is 352 g/mol. The van der Waals surface area contributed by atoms with E-state index in [0.717, 1.165) is 24.6 Å². The summed E-state index contributed by atoms with van der Waals surface area (Å²) in [6, 6.07) is 16.0. The van der Waals surface area contributed by atoms with Crippen LogP contribution in [0.3, 0.4) is 0 Å². The van der Waals surface area contributed by atoms with E-state index in [1.165, 1.54) is 11.1 Å². The summed E-state index contributed by atoms with van der Waals surface area (Å²) >= 11 is 0. The number of rotatable bonds is 7. The minimum Gasteiger partial charge on any atom is -0.357 e. The molecule has 0 fully saturated rings. The number of aryl methyl sites for hydroxylation is 1. The second-order valence-corrected chi connectivity index (χ2v) is 6.09. The molecule has 0 bridgehead atoms. The molecule has 1 amide bonds. The van der Waals surface area contributed by atoms with Crippen LogP contribution in [0.4, 0.5) is 0 Å². The van der Waals surface area contributed by atoms with E-state index in [0.29, 0.717) is 18.7 Å². The molecule has 0 saturated heterocycles. The Morgan fingerprint density at radius 2 is 1.46 bits per heavy atom. The molecule has 0 spiro atoms. The van der Waals surface area contributed by atoms with Gasteiger partial charge in [-0.1, -0.05) is 42.0 Å². The first kappa shape index (κ1) is 19.5. The van der Waals surface area contributed by atoms with E-state index >= 15 is 0 Å². The Kier molecular flexibility index (Phi) is 7.68. The summed E-state index contributed by atoms with van der Waals surface area (Å²) in [6.07, 6.45) is 0.